The highest BCUT2D eigenvalue weighted by molar-refractivity contribution is 5.71. The molecule has 0 saturated carbocycles. The Balaban J connectivity index is 4.41. The summed E-state index contributed by atoms with van der Waals surface area (Å²) in [5, 5.41) is 11.6. The Hall–Kier alpha value is -2.71. The number of unbranched alkanes of at least 4 members (excludes halogenated alkanes) is 14. The number of carboxylic acid groups (broad SMARTS) is 1. The molecule has 0 N–H and O–H groups in total. The number of quaternary nitrogens is 1. The van der Waals surface area contributed by atoms with Gasteiger partial charge in [-0.1, -0.05) is 133 Å². The molecule has 0 saturated heterocycles. The number of carboxylic acids is 1. The standard InChI is InChI=1S/C43H75NO7/c1-6-8-10-12-14-16-17-18-19-20-21-22-23-24-26-28-30-32-34-42(46)51-39(37-49-36-35-40(43(47)48)44(3,4)5)38-50-41(45)33-31-29-27-25-15-13-11-9-7-2/h9,11,15,21-22,25,29,31,39-40H,6-8,10,12-14,16-20,23-24,26-28,30,32-38H2,1-5H3/b11-9+,22-21+,25-15+,31-29+. The minimum absolute atomic E-state index is 0.00961. The van der Waals surface area contributed by atoms with Crippen LogP contribution in [-0.2, 0) is 28.6 Å². The first kappa shape index (κ1) is 48.3. The molecule has 8 heteroatoms. The van der Waals surface area contributed by atoms with Crippen LogP contribution in [0, 0.1) is 0 Å². The SMILES string of the molecule is CC/C=C/C/C=C/C/C=C/CC(=O)OCC(COCCC(C(=O)[O-])[N+](C)(C)C)OC(=O)CCCCCCC/C=C/CCCCCCCCCCC. The Kier molecular flexibility index (Phi) is 32.6. The first-order valence-electron chi connectivity index (χ1n) is 20.2. The van der Waals surface area contributed by atoms with Crippen LogP contribution in [0.15, 0.2) is 48.6 Å². The number of nitrogens with zero attached hydrogens (tertiary/aromatic N) is 1. The summed E-state index contributed by atoms with van der Waals surface area (Å²) in [5.41, 5.74) is 0. The molecule has 0 aromatic heterocycles. The van der Waals surface area contributed by atoms with Gasteiger partial charge in [0.15, 0.2) is 6.10 Å². The highest BCUT2D eigenvalue weighted by Crippen LogP contribution is 2.13. The van der Waals surface area contributed by atoms with E-state index in [0.29, 0.717) is 6.42 Å². The number of likely N-dealkylation sites (N-methyl/N-ethyl adjacent to an activating group) is 1. The van der Waals surface area contributed by atoms with Crippen LogP contribution in [0.3, 0.4) is 0 Å². The van der Waals surface area contributed by atoms with Crippen molar-refractivity contribution in [3.05, 3.63) is 48.6 Å². The number of hydrogen-bond donors (Lipinski definition) is 0. The lowest BCUT2D eigenvalue weighted by Crippen LogP contribution is -2.55. The molecule has 2 unspecified atom stereocenters. The van der Waals surface area contributed by atoms with Gasteiger partial charge in [0.2, 0.25) is 0 Å². The third-order valence-electron chi connectivity index (χ3n) is 8.73. The van der Waals surface area contributed by atoms with E-state index in [4.69, 9.17) is 14.2 Å². The molecule has 51 heavy (non-hydrogen) atoms. The lowest BCUT2D eigenvalue weighted by atomic mass is 10.1. The first-order chi connectivity index (χ1) is 24.6. The number of hydrogen-bond acceptors (Lipinski definition) is 7. The van der Waals surface area contributed by atoms with Crippen molar-refractivity contribution < 1.29 is 38.2 Å². The molecule has 0 aromatic rings. The monoisotopic (exact) mass is 718 g/mol. The minimum atomic E-state index is -1.14. The maximum atomic E-state index is 12.6. The Morgan fingerprint density at radius 3 is 1.71 bits per heavy atom. The minimum Gasteiger partial charge on any atom is -0.544 e. The predicted molar refractivity (Wildman–Crippen MR) is 208 cm³/mol. The zero-order chi connectivity index (χ0) is 37.8. The van der Waals surface area contributed by atoms with Gasteiger partial charge in [-0.25, -0.2) is 0 Å². The topological polar surface area (TPSA) is 102 Å². The van der Waals surface area contributed by atoms with Crippen LogP contribution in [-0.4, -0.2) is 75.5 Å². The molecule has 0 bridgehead atoms. The van der Waals surface area contributed by atoms with Crippen molar-refractivity contribution in [2.75, 3.05) is 41.0 Å². The molecule has 0 aromatic carbocycles. The second-order valence-electron chi connectivity index (χ2n) is 14.5. The molecule has 0 rings (SSSR count). The fraction of sp³-hybridized carbons (Fsp3) is 0.744. The number of allylic oxidation sites excluding steroid dienone is 7. The van der Waals surface area contributed by atoms with Crippen LogP contribution in [0.4, 0.5) is 0 Å². The summed E-state index contributed by atoms with van der Waals surface area (Å²) in [5.74, 6) is -1.90. The van der Waals surface area contributed by atoms with Crippen LogP contribution >= 0.6 is 0 Å². The van der Waals surface area contributed by atoms with E-state index in [9.17, 15) is 19.5 Å². The second kappa shape index (κ2) is 34.4. The van der Waals surface area contributed by atoms with Gasteiger partial charge in [-0.15, -0.1) is 0 Å². The smallest absolute Gasteiger partial charge is 0.309 e. The summed E-state index contributed by atoms with van der Waals surface area (Å²) in [7, 11) is 5.37. The molecular weight excluding hydrogens is 642 g/mol. The van der Waals surface area contributed by atoms with Gasteiger partial charge in [0.05, 0.1) is 46.7 Å². The first-order valence-corrected chi connectivity index (χ1v) is 20.2. The Morgan fingerprint density at radius 1 is 0.627 bits per heavy atom. The summed E-state index contributed by atoms with van der Waals surface area (Å²) in [4.78, 5) is 36.6. The molecule has 2 atom stereocenters. The lowest BCUT2D eigenvalue weighted by molar-refractivity contribution is -0.889. The number of rotatable bonds is 35. The van der Waals surface area contributed by atoms with Crippen molar-refractivity contribution in [2.24, 2.45) is 0 Å². The van der Waals surface area contributed by atoms with E-state index in [-0.39, 0.29) is 43.1 Å². The molecule has 0 spiro atoms. The second-order valence-corrected chi connectivity index (χ2v) is 14.5. The van der Waals surface area contributed by atoms with Gasteiger partial charge in [-0.3, -0.25) is 9.59 Å². The van der Waals surface area contributed by atoms with Gasteiger partial charge in [0.25, 0.3) is 0 Å². The molecule has 0 radical (unpaired) electrons. The average molecular weight is 718 g/mol. The zero-order valence-electron chi connectivity index (χ0n) is 33.3. The van der Waals surface area contributed by atoms with Gasteiger partial charge >= 0.3 is 11.9 Å². The van der Waals surface area contributed by atoms with Crippen LogP contribution in [0.5, 0.6) is 0 Å². The van der Waals surface area contributed by atoms with Crippen molar-refractivity contribution in [3.8, 4) is 0 Å². The van der Waals surface area contributed by atoms with Crippen molar-refractivity contribution in [3.63, 3.8) is 0 Å². The Bertz CT molecular complexity index is 979. The summed E-state index contributed by atoms with van der Waals surface area (Å²) < 4.78 is 17.0. The molecule has 0 fully saturated rings. The summed E-state index contributed by atoms with van der Waals surface area (Å²) in [6.07, 6.45) is 38.9. The van der Waals surface area contributed by atoms with Gasteiger partial charge in [0, 0.05) is 12.8 Å². The molecule has 0 aliphatic rings. The van der Waals surface area contributed by atoms with Gasteiger partial charge < -0.3 is 28.6 Å². The third kappa shape index (κ3) is 32.9. The van der Waals surface area contributed by atoms with Crippen LogP contribution in [0.1, 0.15) is 155 Å². The molecular formula is C43H75NO7. The zero-order valence-corrected chi connectivity index (χ0v) is 33.3. The summed E-state index contributed by atoms with van der Waals surface area (Å²) in [6.45, 7) is 4.41. The van der Waals surface area contributed by atoms with Crippen molar-refractivity contribution in [1.82, 2.24) is 0 Å². The molecule has 0 aliphatic carbocycles. The largest absolute Gasteiger partial charge is 0.544 e. The Morgan fingerprint density at radius 2 is 1.16 bits per heavy atom. The number of aliphatic carboxylic acids is 1. The summed E-state index contributed by atoms with van der Waals surface area (Å²) >= 11 is 0. The third-order valence-corrected chi connectivity index (χ3v) is 8.73. The predicted octanol–water partition coefficient (Wildman–Crippen LogP) is 9.13. The number of carbonyl (C=O) groups is 3. The van der Waals surface area contributed by atoms with Crippen molar-refractivity contribution in [2.45, 2.75) is 167 Å². The van der Waals surface area contributed by atoms with E-state index in [1.165, 1.54) is 70.6 Å². The van der Waals surface area contributed by atoms with Gasteiger partial charge in [0.1, 0.15) is 12.6 Å². The normalized spacial score (nSPS) is 13.5. The van der Waals surface area contributed by atoms with Crippen LogP contribution in [0.25, 0.3) is 0 Å². The Labute approximate surface area is 312 Å². The fourth-order valence-corrected chi connectivity index (χ4v) is 5.60. The van der Waals surface area contributed by atoms with Crippen LogP contribution in [0.2, 0.25) is 0 Å². The molecule has 0 aliphatic heterocycles. The number of ether oxygens (including phenoxy) is 3. The fourth-order valence-electron chi connectivity index (χ4n) is 5.60. The summed E-state index contributed by atoms with van der Waals surface area (Å²) in [6, 6.07) is -0.737. The molecule has 294 valence electrons. The van der Waals surface area contributed by atoms with E-state index >= 15 is 0 Å². The maximum Gasteiger partial charge on any atom is 0.309 e. The quantitative estimate of drug-likeness (QED) is 0.0279. The number of carbonyl (C=O) groups excluding carboxylic acids is 3. The van der Waals surface area contributed by atoms with E-state index in [1.807, 2.05) is 6.08 Å². The lowest BCUT2D eigenvalue weighted by Gasteiger charge is -2.34. The van der Waals surface area contributed by atoms with E-state index < -0.39 is 24.1 Å². The maximum absolute atomic E-state index is 12.6. The molecule has 0 heterocycles. The van der Waals surface area contributed by atoms with Crippen molar-refractivity contribution >= 4 is 17.9 Å². The molecule has 0 amide bonds. The number of esters is 2. The van der Waals surface area contributed by atoms with E-state index in [1.54, 1.807) is 27.2 Å². The highest BCUT2D eigenvalue weighted by atomic mass is 16.6. The average Bonchev–Trinajstić information content (AvgIpc) is 3.08. The molecule has 8 nitrogen and oxygen atoms in total. The van der Waals surface area contributed by atoms with E-state index in [2.05, 4.69) is 50.3 Å². The van der Waals surface area contributed by atoms with Crippen LogP contribution < -0.4 is 5.11 Å². The van der Waals surface area contributed by atoms with Gasteiger partial charge in [-0.2, -0.15) is 0 Å². The highest BCUT2D eigenvalue weighted by Gasteiger charge is 2.25. The van der Waals surface area contributed by atoms with Gasteiger partial charge in [-0.05, 0) is 51.4 Å². The van der Waals surface area contributed by atoms with Crippen molar-refractivity contribution in [1.29, 1.82) is 0 Å². The van der Waals surface area contributed by atoms with E-state index in [0.717, 1.165) is 51.4 Å².